The third-order valence-corrected chi connectivity index (χ3v) is 2.51. The van der Waals surface area contributed by atoms with Crippen LogP contribution in [0.15, 0.2) is 0 Å². The Morgan fingerprint density at radius 1 is 1.83 bits per heavy atom. The Kier molecular flexibility index (Phi) is 2.35. The van der Waals surface area contributed by atoms with Gasteiger partial charge < -0.3 is 5.11 Å². The number of aliphatic carboxylic acids is 1. The van der Waals surface area contributed by atoms with Gasteiger partial charge in [-0.3, -0.25) is 14.3 Å². The summed E-state index contributed by atoms with van der Waals surface area (Å²) < 4.78 is 2.08. The number of rotatable bonds is 2. The summed E-state index contributed by atoms with van der Waals surface area (Å²) in [5, 5.41) is 8.61. The first-order valence-corrected chi connectivity index (χ1v) is 4.01. The Balaban J connectivity index is 2.60. The van der Waals surface area contributed by atoms with Crippen LogP contribution in [0.3, 0.4) is 0 Å². The molecule has 0 bridgehead atoms. The maximum Gasteiger partial charge on any atom is 0.307 e. The molecule has 1 heterocycles. The lowest BCUT2D eigenvalue weighted by Crippen LogP contribution is -2.33. The number of amidine groups is 1. The molecule has 1 N–H and O–H groups in total. The molecule has 1 aliphatic rings. The minimum atomic E-state index is -0.727. The predicted molar refractivity (Wildman–Crippen MR) is 45.5 cm³/mol. The van der Waals surface area contributed by atoms with E-state index in [2.05, 4.69) is 4.58 Å². The van der Waals surface area contributed by atoms with Gasteiger partial charge in [-0.15, -0.1) is 0 Å². The van der Waals surface area contributed by atoms with Crippen LogP contribution in [-0.2, 0) is 4.79 Å². The van der Waals surface area contributed by atoms with Crippen LogP contribution in [0, 0.1) is 0 Å². The van der Waals surface area contributed by atoms with Crippen LogP contribution < -0.4 is 0 Å². The molecule has 0 aromatic carbocycles. The predicted octanol–water partition coefficient (Wildman–Crippen LogP) is -0.164. The fourth-order valence-corrected chi connectivity index (χ4v) is 1.51. The fraction of sp³-hybridized carbons (Fsp3) is 0.750. The number of carboxylic acids is 1. The number of carbonyl (C=O) groups is 1. The van der Waals surface area contributed by atoms with Gasteiger partial charge in [0.15, 0.2) is 0 Å². The van der Waals surface area contributed by atoms with E-state index in [1.165, 1.54) is 0 Å². The first-order valence-electron chi connectivity index (χ1n) is 4.01. The minimum Gasteiger partial charge on any atom is -0.481 e. The summed E-state index contributed by atoms with van der Waals surface area (Å²) >= 11 is 0. The summed E-state index contributed by atoms with van der Waals surface area (Å²) in [4.78, 5) is 12.5. The Morgan fingerprint density at radius 2 is 2.42 bits per heavy atom. The lowest BCUT2D eigenvalue weighted by molar-refractivity contribution is -0.490. The van der Waals surface area contributed by atoms with Gasteiger partial charge in [0.1, 0.15) is 12.6 Å². The lowest BCUT2D eigenvalue weighted by atomic mass is 10.2. The van der Waals surface area contributed by atoms with Gasteiger partial charge >= 0.3 is 5.97 Å². The van der Waals surface area contributed by atoms with E-state index in [0.717, 1.165) is 12.4 Å². The van der Waals surface area contributed by atoms with E-state index >= 15 is 0 Å². The van der Waals surface area contributed by atoms with E-state index in [0.29, 0.717) is 0 Å². The van der Waals surface area contributed by atoms with Crippen molar-refractivity contribution in [1.29, 1.82) is 0 Å². The van der Waals surface area contributed by atoms with Gasteiger partial charge in [0, 0.05) is 6.92 Å². The van der Waals surface area contributed by atoms with Gasteiger partial charge in [-0.2, -0.15) is 0 Å². The zero-order chi connectivity index (χ0) is 9.30. The molecule has 0 radical (unpaired) electrons. The Bertz CT molecular complexity index is 235. The standard InChI is InChI=1S/C8H14N2O2/c1-6-9(2)5-7(10(6)3)4-8(11)12/h7H,4-5H2,1-3H3/p+1. The van der Waals surface area contributed by atoms with Gasteiger partial charge in [-0.1, -0.05) is 0 Å². The van der Waals surface area contributed by atoms with Gasteiger partial charge in [0.2, 0.25) is 5.84 Å². The van der Waals surface area contributed by atoms with Crippen LogP contribution >= 0.6 is 0 Å². The molecule has 1 unspecified atom stereocenters. The second kappa shape index (κ2) is 3.13. The summed E-state index contributed by atoms with van der Waals surface area (Å²) in [7, 11) is 3.92. The molecule has 4 nitrogen and oxygen atoms in total. The Labute approximate surface area is 72.1 Å². The van der Waals surface area contributed by atoms with E-state index in [9.17, 15) is 4.79 Å². The number of hydrogen-bond acceptors (Lipinski definition) is 2. The largest absolute Gasteiger partial charge is 0.481 e. The zero-order valence-electron chi connectivity index (χ0n) is 7.74. The third-order valence-electron chi connectivity index (χ3n) is 2.51. The second-order valence-corrected chi connectivity index (χ2v) is 3.29. The molecule has 4 heteroatoms. The average Bonchev–Trinajstić information content (AvgIpc) is 2.17. The van der Waals surface area contributed by atoms with Crippen molar-refractivity contribution in [3.05, 3.63) is 0 Å². The van der Waals surface area contributed by atoms with E-state index in [4.69, 9.17) is 5.11 Å². The molecule has 12 heavy (non-hydrogen) atoms. The topological polar surface area (TPSA) is 43.6 Å². The van der Waals surface area contributed by atoms with Gasteiger partial charge in [-0.05, 0) is 0 Å². The summed E-state index contributed by atoms with van der Waals surface area (Å²) in [6, 6.07) is 0.132. The molecule has 0 aromatic rings. The third kappa shape index (κ3) is 1.57. The van der Waals surface area contributed by atoms with Crippen LogP contribution in [0.25, 0.3) is 0 Å². The lowest BCUT2D eigenvalue weighted by Gasteiger charge is -2.11. The summed E-state index contributed by atoms with van der Waals surface area (Å²) in [5.74, 6) is 0.413. The normalized spacial score (nSPS) is 23.6. The molecule has 1 rings (SSSR count). The molecule has 0 aliphatic carbocycles. The van der Waals surface area contributed by atoms with Crippen molar-refractivity contribution in [2.45, 2.75) is 19.4 Å². The molecule has 0 spiro atoms. The number of hydrogen-bond donors (Lipinski definition) is 1. The summed E-state index contributed by atoms with van der Waals surface area (Å²) in [6.07, 6.45) is 0.220. The van der Waals surface area contributed by atoms with Crippen molar-refractivity contribution in [2.75, 3.05) is 20.6 Å². The highest BCUT2D eigenvalue weighted by Gasteiger charge is 2.33. The van der Waals surface area contributed by atoms with E-state index in [-0.39, 0.29) is 12.5 Å². The Morgan fingerprint density at radius 3 is 2.75 bits per heavy atom. The molecule has 0 amide bonds. The van der Waals surface area contributed by atoms with Gasteiger partial charge in [-0.25, -0.2) is 0 Å². The minimum absolute atomic E-state index is 0.132. The average molecular weight is 171 g/mol. The molecular formula is C8H15N2O2+. The molecule has 1 atom stereocenters. The highest BCUT2D eigenvalue weighted by molar-refractivity contribution is 5.77. The molecule has 0 fully saturated rings. The number of carboxylic acid groups (broad SMARTS) is 1. The van der Waals surface area contributed by atoms with Crippen molar-refractivity contribution in [3.63, 3.8) is 0 Å². The maximum atomic E-state index is 10.5. The van der Waals surface area contributed by atoms with E-state index in [1.807, 2.05) is 25.9 Å². The highest BCUT2D eigenvalue weighted by Crippen LogP contribution is 2.09. The van der Waals surface area contributed by atoms with Crippen LogP contribution in [0.5, 0.6) is 0 Å². The van der Waals surface area contributed by atoms with Crippen molar-refractivity contribution in [2.24, 2.45) is 0 Å². The first-order chi connectivity index (χ1) is 5.52. The summed E-state index contributed by atoms with van der Waals surface area (Å²) in [6.45, 7) is 2.82. The Hall–Kier alpha value is -1.06. The molecule has 0 aromatic heterocycles. The fourth-order valence-electron chi connectivity index (χ4n) is 1.51. The van der Waals surface area contributed by atoms with Crippen LogP contribution in [-0.4, -0.2) is 53.1 Å². The van der Waals surface area contributed by atoms with Crippen LogP contribution in [0.2, 0.25) is 0 Å². The smallest absolute Gasteiger partial charge is 0.307 e. The van der Waals surface area contributed by atoms with Crippen molar-refractivity contribution >= 4 is 11.8 Å². The molecule has 0 saturated carbocycles. The monoisotopic (exact) mass is 171 g/mol. The molecule has 1 aliphatic heterocycles. The zero-order valence-corrected chi connectivity index (χ0v) is 7.74. The van der Waals surface area contributed by atoms with E-state index < -0.39 is 5.97 Å². The molecular weight excluding hydrogens is 156 g/mol. The SMILES string of the molecule is CC1=[N+](C)CC(CC(=O)O)N1C. The first kappa shape index (κ1) is 9.03. The number of likely N-dealkylation sites (N-methyl/N-ethyl adjacent to an activating group) is 2. The highest BCUT2D eigenvalue weighted by atomic mass is 16.4. The van der Waals surface area contributed by atoms with Crippen molar-refractivity contribution < 1.29 is 14.5 Å². The van der Waals surface area contributed by atoms with Gasteiger partial charge in [0.25, 0.3) is 0 Å². The van der Waals surface area contributed by atoms with Crippen LogP contribution in [0.4, 0.5) is 0 Å². The molecule has 68 valence electrons. The number of nitrogens with zero attached hydrogens (tertiary/aromatic N) is 2. The van der Waals surface area contributed by atoms with Crippen LogP contribution in [0.1, 0.15) is 13.3 Å². The van der Waals surface area contributed by atoms with Crippen molar-refractivity contribution in [1.82, 2.24) is 4.90 Å². The maximum absolute atomic E-state index is 10.5. The summed E-state index contributed by atoms with van der Waals surface area (Å²) in [5.41, 5.74) is 0. The molecule has 0 saturated heterocycles. The quantitative estimate of drug-likeness (QED) is 0.587. The second-order valence-electron chi connectivity index (χ2n) is 3.29. The van der Waals surface area contributed by atoms with Crippen molar-refractivity contribution in [3.8, 4) is 0 Å². The van der Waals surface area contributed by atoms with E-state index in [1.54, 1.807) is 0 Å². The van der Waals surface area contributed by atoms with Gasteiger partial charge in [0.05, 0.1) is 20.5 Å².